The first-order valence-corrected chi connectivity index (χ1v) is 12.0. The molecule has 1 N–H and O–H groups in total. The highest BCUT2D eigenvalue weighted by Gasteiger charge is 2.51. The van der Waals surface area contributed by atoms with Crippen molar-refractivity contribution >= 4 is 15.8 Å². The molecular weight excluding hydrogens is 471 g/mol. The third-order valence-corrected chi connectivity index (χ3v) is 7.50. The van der Waals surface area contributed by atoms with Crippen molar-refractivity contribution in [3.8, 4) is 5.75 Å². The Hall–Kier alpha value is -3.15. The number of hydrogen-bond donors (Lipinski definition) is 1. The number of rotatable bonds is 6. The van der Waals surface area contributed by atoms with E-state index in [0.717, 1.165) is 18.5 Å². The lowest BCUT2D eigenvalue weighted by Crippen LogP contribution is -2.47. The van der Waals surface area contributed by atoms with Gasteiger partial charge in [0.2, 0.25) is 5.92 Å². The van der Waals surface area contributed by atoms with Gasteiger partial charge in [0.15, 0.2) is 0 Å². The molecule has 182 valence electrons. The molecule has 0 saturated heterocycles. The topological polar surface area (TPSA) is 99.0 Å². The fraction of sp³-hybridized carbons (Fsp3) is 0.409. The molecule has 0 unspecified atom stereocenters. The summed E-state index contributed by atoms with van der Waals surface area (Å²) in [6.45, 7) is 3.27. The van der Waals surface area contributed by atoms with Crippen molar-refractivity contribution < 1.29 is 26.3 Å². The van der Waals surface area contributed by atoms with Crippen LogP contribution in [0.2, 0.25) is 0 Å². The van der Waals surface area contributed by atoms with Crippen molar-refractivity contribution in [3.63, 3.8) is 0 Å². The summed E-state index contributed by atoms with van der Waals surface area (Å²) in [5.41, 5.74) is -0.174. The lowest BCUT2D eigenvalue weighted by molar-refractivity contribution is -0.102. The summed E-state index contributed by atoms with van der Waals surface area (Å²) in [5, 5.41) is 4.09. The lowest BCUT2D eigenvalue weighted by atomic mass is 9.73. The molecule has 0 spiro atoms. The molecule has 34 heavy (non-hydrogen) atoms. The van der Waals surface area contributed by atoms with E-state index < -0.39 is 44.6 Å². The van der Waals surface area contributed by atoms with Crippen LogP contribution < -0.4 is 9.46 Å². The lowest BCUT2D eigenvalue weighted by Gasteiger charge is -2.44. The minimum atomic E-state index is -4.28. The zero-order valence-electron chi connectivity index (χ0n) is 18.8. The van der Waals surface area contributed by atoms with Gasteiger partial charge in [-0.3, -0.25) is 9.40 Å². The van der Waals surface area contributed by atoms with E-state index in [-0.39, 0.29) is 24.4 Å². The van der Waals surface area contributed by atoms with E-state index in [1.165, 1.54) is 23.1 Å². The molecule has 2 aromatic heterocycles. The van der Waals surface area contributed by atoms with Crippen LogP contribution in [0.15, 0.2) is 47.9 Å². The van der Waals surface area contributed by atoms with Crippen LogP contribution in [-0.2, 0) is 17.1 Å². The normalized spacial score (nSPS) is 22.4. The smallest absolute Gasteiger partial charge is 0.265 e. The highest BCUT2D eigenvalue weighted by Crippen LogP contribution is 2.49. The van der Waals surface area contributed by atoms with E-state index >= 15 is 0 Å². The van der Waals surface area contributed by atoms with E-state index in [0.29, 0.717) is 11.3 Å². The molecule has 1 aliphatic carbocycles. The standard InChI is InChI=1S/C22H24F3N5O3S/c1-14-10-19(34(31,32)29-20-5-8-26-13-27-20)16(23)11-18(14)33-21(2)6-7-22(24,25)12-15(21)17-4-9-28-30(17)3/h4-5,8-11,13,15H,6-7,12H2,1-3H3,(H,26,27,29)/t15-,21+/m1/s1. The van der Waals surface area contributed by atoms with Gasteiger partial charge in [0.25, 0.3) is 10.0 Å². The van der Waals surface area contributed by atoms with Gasteiger partial charge in [0.1, 0.15) is 34.2 Å². The fourth-order valence-electron chi connectivity index (χ4n) is 4.23. The first kappa shape index (κ1) is 24.0. The molecule has 1 aliphatic rings. The van der Waals surface area contributed by atoms with Crippen LogP contribution in [-0.4, -0.2) is 39.7 Å². The number of aromatic nitrogens is 4. The van der Waals surface area contributed by atoms with Crippen molar-refractivity contribution in [2.45, 2.75) is 55.4 Å². The molecule has 2 atom stereocenters. The molecule has 12 heteroatoms. The number of alkyl halides is 2. The Morgan fingerprint density at radius 2 is 1.97 bits per heavy atom. The number of sulfonamides is 1. The first-order chi connectivity index (χ1) is 15.9. The Morgan fingerprint density at radius 1 is 1.21 bits per heavy atom. The van der Waals surface area contributed by atoms with Gasteiger partial charge in [0, 0.05) is 50.0 Å². The maximum atomic E-state index is 15.0. The average Bonchev–Trinajstić information content (AvgIpc) is 3.18. The van der Waals surface area contributed by atoms with E-state index in [1.54, 1.807) is 27.0 Å². The third kappa shape index (κ3) is 4.72. The van der Waals surface area contributed by atoms with E-state index in [4.69, 9.17) is 4.74 Å². The van der Waals surface area contributed by atoms with E-state index in [9.17, 15) is 21.6 Å². The highest BCUT2D eigenvalue weighted by molar-refractivity contribution is 7.92. The van der Waals surface area contributed by atoms with Gasteiger partial charge in [-0.15, -0.1) is 0 Å². The van der Waals surface area contributed by atoms with Crippen LogP contribution in [0.4, 0.5) is 19.0 Å². The van der Waals surface area contributed by atoms with Crippen molar-refractivity contribution in [1.29, 1.82) is 0 Å². The number of nitrogens with zero attached hydrogens (tertiary/aromatic N) is 4. The molecule has 0 aliphatic heterocycles. The van der Waals surface area contributed by atoms with Gasteiger partial charge in [-0.05, 0) is 44.0 Å². The van der Waals surface area contributed by atoms with Crippen molar-refractivity contribution in [2.24, 2.45) is 7.05 Å². The van der Waals surface area contributed by atoms with Crippen LogP contribution in [0.5, 0.6) is 5.75 Å². The van der Waals surface area contributed by atoms with E-state index in [2.05, 4.69) is 19.8 Å². The second kappa shape index (κ2) is 8.57. The van der Waals surface area contributed by atoms with Crippen LogP contribution in [0, 0.1) is 12.7 Å². The Bertz CT molecular complexity index is 1300. The molecule has 4 rings (SSSR count). The van der Waals surface area contributed by atoms with Crippen LogP contribution >= 0.6 is 0 Å². The Labute approximate surface area is 195 Å². The molecule has 1 saturated carbocycles. The Balaban J connectivity index is 1.66. The average molecular weight is 496 g/mol. The molecule has 8 nitrogen and oxygen atoms in total. The predicted molar refractivity (Wildman–Crippen MR) is 118 cm³/mol. The van der Waals surface area contributed by atoms with Gasteiger partial charge in [-0.2, -0.15) is 5.10 Å². The summed E-state index contributed by atoms with van der Waals surface area (Å²) in [6.07, 6.45) is 3.22. The molecule has 0 bridgehead atoms. The van der Waals surface area contributed by atoms with Gasteiger partial charge in [0.05, 0.1) is 0 Å². The number of hydrogen-bond acceptors (Lipinski definition) is 6. The second-order valence-corrected chi connectivity index (χ2v) is 10.3. The summed E-state index contributed by atoms with van der Waals surface area (Å²) >= 11 is 0. The Kier molecular flexibility index (Phi) is 6.05. The molecule has 0 amide bonds. The largest absolute Gasteiger partial charge is 0.486 e. The van der Waals surface area contributed by atoms with Crippen molar-refractivity contribution in [1.82, 2.24) is 19.7 Å². The molecule has 3 aromatic rings. The highest BCUT2D eigenvalue weighted by atomic mass is 32.2. The van der Waals surface area contributed by atoms with Crippen LogP contribution in [0.25, 0.3) is 0 Å². The van der Waals surface area contributed by atoms with Crippen molar-refractivity contribution in [3.05, 3.63) is 60.1 Å². The molecule has 0 radical (unpaired) electrons. The zero-order valence-corrected chi connectivity index (χ0v) is 19.6. The monoisotopic (exact) mass is 495 g/mol. The third-order valence-electron chi connectivity index (χ3n) is 6.13. The number of benzene rings is 1. The number of aryl methyl sites for hydroxylation is 2. The second-order valence-electron chi connectivity index (χ2n) is 8.66. The summed E-state index contributed by atoms with van der Waals surface area (Å²) in [5.74, 6) is -4.55. The maximum absolute atomic E-state index is 15.0. The SMILES string of the molecule is Cc1cc(S(=O)(=O)Nc2ccncn2)c(F)cc1O[C@@]1(C)CCC(F)(F)C[C@@H]1c1ccnn1C. The number of ether oxygens (including phenoxy) is 1. The quantitative estimate of drug-likeness (QED) is 0.550. The minimum absolute atomic E-state index is 0.0120. The molecule has 1 fully saturated rings. The number of anilines is 1. The maximum Gasteiger partial charge on any atom is 0.265 e. The predicted octanol–water partition coefficient (Wildman–Crippen LogP) is 4.20. The zero-order chi connectivity index (χ0) is 24.7. The van der Waals surface area contributed by atoms with Gasteiger partial charge in [-0.25, -0.2) is 31.6 Å². The summed E-state index contributed by atoms with van der Waals surface area (Å²) in [6, 6.07) is 5.11. The first-order valence-electron chi connectivity index (χ1n) is 10.5. The van der Waals surface area contributed by atoms with Gasteiger partial charge >= 0.3 is 0 Å². The summed E-state index contributed by atoms with van der Waals surface area (Å²) in [4.78, 5) is 6.90. The summed E-state index contributed by atoms with van der Waals surface area (Å²) in [7, 11) is -2.62. The molecule has 1 aromatic carbocycles. The summed E-state index contributed by atoms with van der Waals surface area (Å²) < 4.78 is 79.0. The van der Waals surface area contributed by atoms with Gasteiger partial charge in [-0.1, -0.05) is 0 Å². The fourth-order valence-corrected chi connectivity index (χ4v) is 5.39. The molecule has 2 heterocycles. The van der Waals surface area contributed by atoms with Crippen LogP contribution in [0.3, 0.4) is 0 Å². The number of halogens is 3. The minimum Gasteiger partial charge on any atom is -0.486 e. The van der Waals surface area contributed by atoms with Crippen LogP contribution in [0.1, 0.15) is 43.4 Å². The number of nitrogens with one attached hydrogen (secondary N) is 1. The van der Waals surface area contributed by atoms with Crippen molar-refractivity contribution in [2.75, 3.05) is 4.72 Å². The van der Waals surface area contributed by atoms with E-state index in [1.807, 2.05) is 0 Å². The molecular formula is C22H24F3N5O3S. The Morgan fingerprint density at radius 3 is 2.62 bits per heavy atom. The van der Waals surface area contributed by atoms with Gasteiger partial charge < -0.3 is 4.74 Å².